The Morgan fingerprint density at radius 3 is 2.10 bits per heavy atom. The number of halogens is 1. The lowest BCUT2D eigenvalue weighted by Gasteiger charge is -2.24. The van der Waals surface area contributed by atoms with Crippen LogP contribution in [0, 0.1) is 12.7 Å². The minimum absolute atomic E-state index is 0.118. The molecular weight excluding hydrogens is 253 g/mol. The van der Waals surface area contributed by atoms with Gasteiger partial charge in [0.1, 0.15) is 5.82 Å². The van der Waals surface area contributed by atoms with Crippen molar-refractivity contribution in [2.75, 3.05) is 5.32 Å². The van der Waals surface area contributed by atoms with Crippen molar-refractivity contribution in [3.05, 3.63) is 65.5 Å². The van der Waals surface area contributed by atoms with Gasteiger partial charge in [0.25, 0.3) is 0 Å². The Labute approximate surface area is 118 Å². The summed E-state index contributed by atoms with van der Waals surface area (Å²) in [7, 11) is 0. The average molecular weight is 271 g/mol. The largest absolute Gasteiger partial charge is 0.325 e. The van der Waals surface area contributed by atoms with Gasteiger partial charge < -0.3 is 5.32 Å². The Morgan fingerprint density at radius 1 is 1.00 bits per heavy atom. The number of hydrogen-bond donors (Lipinski definition) is 1. The Hall–Kier alpha value is -2.16. The molecule has 0 aromatic heterocycles. The highest BCUT2D eigenvalue weighted by atomic mass is 19.1. The van der Waals surface area contributed by atoms with Crippen molar-refractivity contribution < 1.29 is 9.18 Å². The minimum Gasteiger partial charge on any atom is -0.325 e. The quantitative estimate of drug-likeness (QED) is 0.896. The standard InChI is InChI=1S/C17H18FNO/c1-12-4-10-15(11-5-12)19-16(20)17(2,3)13-6-8-14(18)9-7-13/h4-11H,1-3H3,(H,19,20). The smallest absolute Gasteiger partial charge is 0.234 e. The van der Waals surface area contributed by atoms with Crippen LogP contribution < -0.4 is 5.32 Å². The monoisotopic (exact) mass is 271 g/mol. The summed E-state index contributed by atoms with van der Waals surface area (Å²) in [6.07, 6.45) is 0. The van der Waals surface area contributed by atoms with E-state index in [-0.39, 0.29) is 11.7 Å². The van der Waals surface area contributed by atoms with Crippen LogP contribution in [-0.2, 0) is 10.2 Å². The molecule has 0 radical (unpaired) electrons. The fraction of sp³-hybridized carbons (Fsp3) is 0.235. The van der Waals surface area contributed by atoms with Crippen molar-refractivity contribution in [2.24, 2.45) is 0 Å². The molecule has 0 heterocycles. The number of carbonyl (C=O) groups excluding carboxylic acids is 1. The molecule has 0 saturated carbocycles. The zero-order valence-electron chi connectivity index (χ0n) is 11.9. The molecule has 0 fully saturated rings. The van der Waals surface area contributed by atoms with E-state index in [4.69, 9.17) is 0 Å². The molecule has 2 nitrogen and oxygen atoms in total. The molecule has 3 heteroatoms. The maximum absolute atomic E-state index is 13.0. The van der Waals surface area contributed by atoms with Gasteiger partial charge >= 0.3 is 0 Å². The highest BCUT2D eigenvalue weighted by Crippen LogP contribution is 2.25. The number of aryl methyl sites for hydroxylation is 1. The Morgan fingerprint density at radius 2 is 1.55 bits per heavy atom. The summed E-state index contributed by atoms with van der Waals surface area (Å²) >= 11 is 0. The number of anilines is 1. The molecule has 0 atom stereocenters. The lowest BCUT2D eigenvalue weighted by molar-refractivity contribution is -0.120. The average Bonchev–Trinajstić information content (AvgIpc) is 2.42. The maximum atomic E-state index is 13.0. The van der Waals surface area contributed by atoms with Crippen LogP contribution >= 0.6 is 0 Å². The van der Waals surface area contributed by atoms with E-state index in [0.29, 0.717) is 0 Å². The summed E-state index contributed by atoms with van der Waals surface area (Å²) in [6.45, 7) is 5.64. The number of benzene rings is 2. The first-order valence-corrected chi connectivity index (χ1v) is 6.54. The van der Waals surface area contributed by atoms with Crippen molar-refractivity contribution in [1.82, 2.24) is 0 Å². The predicted molar refractivity (Wildman–Crippen MR) is 79.2 cm³/mol. The SMILES string of the molecule is Cc1ccc(NC(=O)C(C)(C)c2ccc(F)cc2)cc1. The Balaban J connectivity index is 2.18. The van der Waals surface area contributed by atoms with Crippen LogP contribution in [0.25, 0.3) is 0 Å². The summed E-state index contributed by atoms with van der Waals surface area (Å²) in [5.74, 6) is -0.420. The van der Waals surface area contributed by atoms with Crippen molar-refractivity contribution in [3.8, 4) is 0 Å². The van der Waals surface area contributed by atoms with Gasteiger partial charge in [-0.1, -0.05) is 29.8 Å². The molecule has 1 N–H and O–H groups in total. The molecule has 0 spiro atoms. The van der Waals surface area contributed by atoms with E-state index in [1.165, 1.54) is 12.1 Å². The number of hydrogen-bond acceptors (Lipinski definition) is 1. The molecule has 0 aliphatic carbocycles. The number of nitrogens with one attached hydrogen (secondary N) is 1. The molecule has 2 rings (SSSR count). The van der Waals surface area contributed by atoms with Gasteiger partial charge in [-0.25, -0.2) is 4.39 Å². The minimum atomic E-state index is -0.724. The van der Waals surface area contributed by atoms with Crippen molar-refractivity contribution in [3.63, 3.8) is 0 Å². The van der Waals surface area contributed by atoms with Crippen LogP contribution in [0.1, 0.15) is 25.0 Å². The van der Waals surface area contributed by atoms with Crippen LogP contribution in [0.4, 0.5) is 10.1 Å². The molecule has 2 aromatic carbocycles. The molecule has 1 amide bonds. The third kappa shape index (κ3) is 3.05. The fourth-order valence-electron chi connectivity index (χ4n) is 1.92. The van der Waals surface area contributed by atoms with E-state index in [9.17, 15) is 9.18 Å². The first-order chi connectivity index (χ1) is 9.39. The molecule has 0 aliphatic rings. The third-order valence-corrected chi connectivity index (χ3v) is 3.44. The van der Waals surface area contributed by atoms with Gasteiger partial charge in [0.15, 0.2) is 0 Å². The summed E-state index contributed by atoms with van der Waals surface area (Å²) in [6, 6.07) is 13.7. The van der Waals surface area contributed by atoms with Gasteiger partial charge in [-0.15, -0.1) is 0 Å². The van der Waals surface area contributed by atoms with E-state index in [1.54, 1.807) is 12.1 Å². The van der Waals surface area contributed by atoms with E-state index in [1.807, 2.05) is 45.0 Å². The lowest BCUT2D eigenvalue weighted by atomic mass is 9.83. The summed E-state index contributed by atoms with van der Waals surface area (Å²) < 4.78 is 13.0. The molecule has 20 heavy (non-hydrogen) atoms. The Kier molecular flexibility index (Phi) is 3.89. The zero-order chi connectivity index (χ0) is 14.8. The maximum Gasteiger partial charge on any atom is 0.234 e. The van der Waals surface area contributed by atoms with Gasteiger partial charge in [-0.2, -0.15) is 0 Å². The molecule has 2 aromatic rings. The molecule has 0 saturated heterocycles. The van der Waals surface area contributed by atoms with Crippen molar-refractivity contribution in [2.45, 2.75) is 26.2 Å². The molecule has 104 valence electrons. The second-order valence-electron chi connectivity index (χ2n) is 5.45. The van der Waals surface area contributed by atoms with Crippen LogP contribution in [0.5, 0.6) is 0 Å². The van der Waals surface area contributed by atoms with Gasteiger partial charge in [0, 0.05) is 5.69 Å². The van der Waals surface area contributed by atoms with E-state index in [2.05, 4.69) is 5.32 Å². The highest BCUT2D eigenvalue weighted by molar-refractivity contribution is 5.98. The summed E-state index contributed by atoms with van der Waals surface area (Å²) in [5.41, 5.74) is 1.96. The van der Waals surface area contributed by atoms with Gasteiger partial charge in [-0.3, -0.25) is 4.79 Å². The van der Waals surface area contributed by atoms with E-state index < -0.39 is 5.41 Å². The molecule has 0 aliphatic heterocycles. The topological polar surface area (TPSA) is 29.1 Å². The number of rotatable bonds is 3. The second-order valence-corrected chi connectivity index (χ2v) is 5.45. The Bertz CT molecular complexity index is 600. The molecule has 0 bridgehead atoms. The predicted octanol–water partition coefficient (Wildman–Crippen LogP) is 4.05. The van der Waals surface area contributed by atoms with Crippen molar-refractivity contribution >= 4 is 11.6 Å². The zero-order valence-corrected chi connectivity index (χ0v) is 11.9. The van der Waals surface area contributed by atoms with Gasteiger partial charge in [0.05, 0.1) is 5.41 Å². The van der Waals surface area contributed by atoms with Gasteiger partial charge in [-0.05, 0) is 50.6 Å². The van der Waals surface area contributed by atoms with Gasteiger partial charge in [0.2, 0.25) is 5.91 Å². The first-order valence-electron chi connectivity index (χ1n) is 6.54. The summed E-state index contributed by atoms with van der Waals surface area (Å²) in [4.78, 5) is 12.4. The van der Waals surface area contributed by atoms with Crippen LogP contribution in [0.3, 0.4) is 0 Å². The normalized spacial score (nSPS) is 11.2. The van der Waals surface area contributed by atoms with Crippen LogP contribution in [0.2, 0.25) is 0 Å². The van der Waals surface area contributed by atoms with Crippen molar-refractivity contribution in [1.29, 1.82) is 0 Å². The van der Waals surface area contributed by atoms with E-state index >= 15 is 0 Å². The molecular formula is C17H18FNO. The lowest BCUT2D eigenvalue weighted by Crippen LogP contribution is -2.34. The van der Waals surface area contributed by atoms with Crippen LogP contribution in [0.15, 0.2) is 48.5 Å². The fourth-order valence-corrected chi connectivity index (χ4v) is 1.92. The number of carbonyl (C=O) groups is 1. The van der Waals surface area contributed by atoms with E-state index in [0.717, 1.165) is 16.8 Å². The first kappa shape index (κ1) is 14.3. The second kappa shape index (κ2) is 5.45. The third-order valence-electron chi connectivity index (χ3n) is 3.44. The summed E-state index contributed by atoms with van der Waals surface area (Å²) in [5, 5.41) is 2.89. The molecule has 0 unspecified atom stereocenters. The highest BCUT2D eigenvalue weighted by Gasteiger charge is 2.29. The number of amides is 1. The van der Waals surface area contributed by atoms with Crippen LogP contribution in [-0.4, -0.2) is 5.91 Å².